The summed E-state index contributed by atoms with van der Waals surface area (Å²) in [7, 11) is 0. The molecule has 2 fully saturated rings. The highest BCUT2D eigenvalue weighted by Gasteiger charge is 2.52. The lowest BCUT2D eigenvalue weighted by molar-refractivity contribution is -0.122. The predicted octanol–water partition coefficient (Wildman–Crippen LogP) is 4.37. The van der Waals surface area contributed by atoms with E-state index in [1.807, 2.05) is 6.07 Å². The summed E-state index contributed by atoms with van der Waals surface area (Å²) in [6, 6.07) is 15.7. The highest BCUT2D eigenvalue weighted by atomic mass is 79.9. The molecule has 4 rings (SSSR count). The first kappa shape index (κ1) is 19.3. The van der Waals surface area contributed by atoms with E-state index in [9.17, 15) is 14.4 Å². The van der Waals surface area contributed by atoms with Gasteiger partial charge in [0.1, 0.15) is 0 Å². The second-order valence-electron chi connectivity index (χ2n) is 7.10. The van der Waals surface area contributed by atoms with Crippen LogP contribution >= 0.6 is 31.9 Å². The third-order valence-electron chi connectivity index (χ3n) is 5.33. The van der Waals surface area contributed by atoms with Crippen molar-refractivity contribution in [2.45, 2.75) is 22.5 Å². The molecule has 1 aliphatic heterocycles. The van der Waals surface area contributed by atoms with Gasteiger partial charge in [0.15, 0.2) is 0 Å². The van der Waals surface area contributed by atoms with Gasteiger partial charge in [0.05, 0.1) is 17.5 Å². The van der Waals surface area contributed by atoms with E-state index in [1.165, 1.54) is 4.90 Å². The molecule has 5 nitrogen and oxygen atoms in total. The molecule has 0 radical (unpaired) electrons. The summed E-state index contributed by atoms with van der Waals surface area (Å²) in [5, 5.41) is 2.82. The molecule has 1 aliphatic carbocycles. The Kier molecular flexibility index (Phi) is 5.38. The lowest BCUT2D eigenvalue weighted by atomic mass is 9.81. The van der Waals surface area contributed by atoms with E-state index in [0.29, 0.717) is 29.8 Å². The molecular weight excluding hydrogens is 488 g/mol. The van der Waals surface area contributed by atoms with Crippen LogP contribution < -0.4 is 10.2 Å². The van der Waals surface area contributed by atoms with Crippen molar-refractivity contribution in [2.75, 3.05) is 10.2 Å². The van der Waals surface area contributed by atoms with Crippen LogP contribution in [0.25, 0.3) is 0 Å². The molecule has 7 heteroatoms. The SMILES string of the molecule is O=C(Nc1ccc(N2C(=O)C3CC(Br)C(Br)CC3C2=O)cc1)c1ccccc1. The Hall–Kier alpha value is -1.99. The fourth-order valence-electron chi connectivity index (χ4n) is 3.84. The Morgan fingerprint density at radius 2 is 1.39 bits per heavy atom. The van der Waals surface area contributed by atoms with Gasteiger partial charge in [0.25, 0.3) is 5.91 Å². The van der Waals surface area contributed by atoms with Crippen LogP contribution in [0.4, 0.5) is 11.4 Å². The molecule has 4 unspecified atom stereocenters. The topological polar surface area (TPSA) is 66.5 Å². The average molecular weight is 506 g/mol. The largest absolute Gasteiger partial charge is 0.322 e. The summed E-state index contributed by atoms with van der Waals surface area (Å²) in [5.74, 6) is -1.04. The summed E-state index contributed by atoms with van der Waals surface area (Å²) >= 11 is 7.19. The maximum absolute atomic E-state index is 12.8. The second kappa shape index (κ2) is 7.79. The first-order valence-corrected chi connectivity index (χ1v) is 10.9. The number of imide groups is 1. The van der Waals surface area contributed by atoms with Gasteiger partial charge in [-0.2, -0.15) is 0 Å². The molecule has 4 atom stereocenters. The zero-order valence-electron chi connectivity index (χ0n) is 14.8. The summed E-state index contributed by atoms with van der Waals surface area (Å²) in [6.07, 6.45) is 1.29. The molecule has 3 amide bonds. The van der Waals surface area contributed by atoms with Crippen LogP contribution in [-0.2, 0) is 9.59 Å². The number of hydrogen-bond acceptors (Lipinski definition) is 3. The van der Waals surface area contributed by atoms with Gasteiger partial charge in [0, 0.05) is 20.9 Å². The van der Waals surface area contributed by atoms with Crippen LogP contribution in [0, 0.1) is 11.8 Å². The van der Waals surface area contributed by atoms with Gasteiger partial charge in [-0.3, -0.25) is 19.3 Å². The fraction of sp³-hybridized carbons (Fsp3) is 0.286. The molecule has 28 heavy (non-hydrogen) atoms. The van der Waals surface area contributed by atoms with Crippen LogP contribution in [0.2, 0.25) is 0 Å². The van der Waals surface area contributed by atoms with Crippen molar-refractivity contribution in [1.29, 1.82) is 0 Å². The van der Waals surface area contributed by atoms with Gasteiger partial charge in [-0.15, -0.1) is 0 Å². The number of fused-ring (bicyclic) bond motifs is 1. The number of halogens is 2. The third kappa shape index (κ3) is 3.53. The molecule has 1 N–H and O–H groups in total. The van der Waals surface area contributed by atoms with E-state index in [2.05, 4.69) is 37.2 Å². The number of alkyl halides is 2. The Labute approximate surface area is 179 Å². The van der Waals surface area contributed by atoms with E-state index in [-0.39, 0.29) is 39.2 Å². The van der Waals surface area contributed by atoms with Crippen molar-refractivity contribution in [1.82, 2.24) is 0 Å². The molecule has 1 saturated carbocycles. The van der Waals surface area contributed by atoms with Gasteiger partial charge in [0.2, 0.25) is 11.8 Å². The summed E-state index contributed by atoms with van der Waals surface area (Å²) in [5.41, 5.74) is 1.71. The van der Waals surface area contributed by atoms with Crippen molar-refractivity contribution in [3.8, 4) is 0 Å². The smallest absolute Gasteiger partial charge is 0.255 e. The first-order chi connectivity index (χ1) is 13.5. The Balaban J connectivity index is 1.50. The molecule has 2 aliphatic rings. The van der Waals surface area contributed by atoms with E-state index in [0.717, 1.165) is 0 Å². The number of nitrogens with zero attached hydrogens (tertiary/aromatic N) is 1. The fourth-order valence-corrected chi connectivity index (χ4v) is 5.07. The van der Waals surface area contributed by atoms with Crippen LogP contribution in [0.15, 0.2) is 54.6 Å². The molecule has 1 heterocycles. The molecule has 2 aromatic carbocycles. The lowest BCUT2D eigenvalue weighted by Gasteiger charge is -2.29. The number of hydrogen-bond donors (Lipinski definition) is 1. The number of anilines is 2. The maximum Gasteiger partial charge on any atom is 0.255 e. The minimum Gasteiger partial charge on any atom is -0.322 e. The first-order valence-electron chi connectivity index (χ1n) is 9.08. The minimum absolute atomic E-state index is 0.139. The zero-order valence-corrected chi connectivity index (χ0v) is 18.0. The molecule has 0 spiro atoms. The minimum atomic E-state index is -0.275. The number of nitrogens with one attached hydrogen (secondary N) is 1. The highest BCUT2D eigenvalue weighted by Crippen LogP contribution is 2.44. The number of benzene rings is 2. The van der Waals surface area contributed by atoms with Crippen LogP contribution in [0.3, 0.4) is 0 Å². The standard InChI is InChI=1S/C21H18Br2N2O3/c22-17-10-15-16(11-18(17)23)21(28)25(20(15)27)14-8-6-13(7-9-14)24-19(26)12-4-2-1-3-5-12/h1-9,15-18H,10-11H2,(H,24,26). The highest BCUT2D eigenvalue weighted by molar-refractivity contribution is 9.12. The number of carbonyl (C=O) groups is 3. The molecule has 0 aromatic heterocycles. The Bertz CT molecular complexity index is 889. The van der Waals surface area contributed by atoms with Gasteiger partial charge in [-0.1, -0.05) is 50.1 Å². The average Bonchev–Trinajstić information content (AvgIpc) is 2.94. The number of amides is 3. The van der Waals surface area contributed by atoms with Crippen molar-refractivity contribution in [2.24, 2.45) is 11.8 Å². The van der Waals surface area contributed by atoms with Gasteiger partial charge in [-0.05, 0) is 49.2 Å². The molecule has 0 bridgehead atoms. The lowest BCUT2D eigenvalue weighted by Crippen LogP contribution is -2.34. The van der Waals surface area contributed by atoms with Gasteiger partial charge in [-0.25, -0.2) is 0 Å². The predicted molar refractivity (Wildman–Crippen MR) is 115 cm³/mol. The monoisotopic (exact) mass is 504 g/mol. The van der Waals surface area contributed by atoms with Crippen LogP contribution in [-0.4, -0.2) is 27.4 Å². The molecule has 144 valence electrons. The Morgan fingerprint density at radius 1 is 0.857 bits per heavy atom. The normalized spacial score (nSPS) is 26.9. The van der Waals surface area contributed by atoms with E-state index in [4.69, 9.17) is 0 Å². The van der Waals surface area contributed by atoms with Gasteiger partial charge < -0.3 is 5.32 Å². The molecule has 2 aromatic rings. The summed E-state index contributed by atoms with van der Waals surface area (Å²) < 4.78 is 0. The Morgan fingerprint density at radius 3 is 1.93 bits per heavy atom. The van der Waals surface area contributed by atoms with Crippen molar-refractivity contribution in [3.05, 3.63) is 60.2 Å². The summed E-state index contributed by atoms with van der Waals surface area (Å²) in [4.78, 5) is 39.6. The number of carbonyl (C=O) groups excluding carboxylic acids is 3. The quantitative estimate of drug-likeness (QED) is 0.497. The van der Waals surface area contributed by atoms with E-state index in [1.54, 1.807) is 48.5 Å². The van der Waals surface area contributed by atoms with Crippen molar-refractivity contribution >= 4 is 61.0 Å². The van der Waals surface area contributed by atoms with E-state index >= 15 is 0 Å². The van der Waals surface area contributed by atoms with Gasteiger partial charge >= 0.3 is 0 Å². The zero-order chi connectivity index (χ0) is 19.8. The second-order valence-corrected chi connectivity index (χ2v) is 9.45. The number of rotatable bonds is 3. The van der Waals surface area contributed by atoms with Crippen LogP contribution in [0.5, 0.6) is 0 Å². The van der Waals surface area contributed by atoms with Crippen molar-refractivity contribution in [3.63, 3.8) is 0 Å². The maximum atomic E-state index is 12.8. The molecular formula is C21H18Br2N2O3. The van der Waals surface area contributed by atoms with E-state index < -0.39 is 0 Å². The van der Waals surface area contributed by atoms with Crippen LogP contribution in [0.1, 0.15) is 23.2 Å². The van der Waals surface area contributed by atoms with Crippen molar-refractivity contribution < 1.29 is 14.4 Å². The summed E-state index contributed by atoms with van der Waals surface area (Å²) in [6.45, 7) is 0. The third-order valence-corrected chi connectivity index (χ3v) is 8.06. The molecule has 1 saturated heterocycles.